The molecule has 2 N–H and O–H groups in total. The zero-order valence-corrected chi connectivity index (χ0v) is 14.3. The van der Waals surface area contributed by atoms with Gasteiger partial charge in [-0.25, -0.2) is 4.79 Å². The number of benzene rings is 1. The van der Waals surface area contributed by atoms with Crippen molar-refractivity contribution in [2.24, 2.45) is 0 Å². The van der Waals surface area contributed by atoms with Crippen LogP contribution >= 0.6 is 11.6 Å². The summed E-state index contributed by atoms with van der Waals surface area (Å²) in [5.41, 5.74) is 1.73. The number of nitrogens with zero attached hydrogens (tertiary/aromatic N) is 2. The predicted octanol–water partition coefficient (Wildman–Crippen LogP) is 3.10. The second-order valence-corrected chi connectivity index (χ2v) is 6.40. The predicted molar refractivity (Wildman–Crippen MR) is 93.3 cm³/mol. The van der Waals surface area contributed by atoms with Gasteiger partial charge in [0.15, 0.2) is 0 Å². The van der Waals surface area contributed by atoms with Crippen LogP contribution in [0.3, 0.4) is 0 Å². The molecule has 3 rings (SSSR count). The van der Waals surface area contributed by atoms with Crippen LogP contribution in [0.4, 0.5) is 10.5 Å². The average molecular weight is 349 g/mol. The molecule has 0 bridgehead atoms. The highest BCUT2D eigenvalue weighted by Gasteiger charge is 2.22. The van der Waals surface area contributed by atoms with E-state index in [-0.39, 0.29) is 12.1 Å². The summed E-state index contributed by atoms with van der Waals surface area (Å²) in [6.45, 7) is 3.87. The first-order valence-electron chi connectivity index (χ1n) is 8.08. The number of rotatable bonds is 4. The molecule has 1 fully saturated rings. The standard InChI is InChI=1S/C17H21ClN4O2/c1-12-9-14(21-24-12)10-19-17(23)20-13-5-4-8-22(11-13)16-7-3-2-6-15(16)18/h2-3,6-7,9,13H,4-5,8,10-11H2,1H3,(H2,19,20,23)/t13-/m0/s1. The van der Waals surface area contributed by atoms with Crippen molar-refractivity contribution in [2.45, 2.75) is 32.4 Å². The molecule has 2 heterocycles. The quantitative estimate of drug-likeness (QED) is 0.890. The zero-order chi connectivity index (χ0) is 16.9. The van der Waals surface area contributed by atoms with Crippen molar-refractivity contribution < 1.29 is 9.32 Å². The van der Waals surface area contributed by atoms with E-state index in [9.17, 15) is 4.79 Å². The van der Waals surface area contributed by atoms with Crippen molar-refractivity contribution in [3.05, 3.63) is 46.8 Å². The van der Waals surface area contributed by atoms with Gasteiger partial charge in [-0.05, 0) is 31.9 Å². The van der Waals surface area contributed by atoms with Gasteiger partial charge in [0.1, 0.15) is 11.5 Å². The fourth-order valence-corrected chi connectivity index (χ4v) is 3.19. The van der Waals surface area contributed by atoms with Crippen molar-refractivity contribution in [2.75, 3.05) is 18.0 Å². The Morgan fingerprint density at radius 2 is 2.29 bits per heavy atom. The molecule has 128 valence electrons. The summed E-state index contributed by atoms with van der Waals surface area (Å²) in [4.78, 5) is 14.3. The first-order chi connectivity index (χ1) is 11.6. The molecule has 6 nitrogen and oxygen atoms in total. The smallest absolute Gasteiger partial charge is 0.315 e. The van der Waals surface area contributed by atoms with Crippen molar-refractivity contribution >= 4 is 23.3 Å². The number of aryl methyl sites for hydroxylation is 1. The summed E-state index contributed by atoms with van der Waals surface area (Å²) in [6.07, 6.45) is 1.97. The molecule has 1 aromatic carbocycles. The van der Waals surface area contributed by atoms with Gasteiger partial charge in [-0.1, -0.05) is 28.9 Å². The number of carbonyl (C=O) groups excluding carboxylic acids is 1. The summed E-state index contributed by atoms with van der Waals surface area (Å²) < 4.78 is 4.98. The molecule has 1 saturated heterocycles. The second-order valence-electron chi connectivity index (χ2n) is 5.99. The molecule has 0 spiro atoms. The first kappa shape index (κ1) is 16.6. The van der Waals surface area contributed by atoms with Crippen LogP contribution < -0.4 is 15.5 Å². The monoisotopic (exact) mass is 348 g/mol. The van der Waals surface area contributed by atoms with Gasteiger partial charge in [0.25, 0.3) is 0 Å². The van der Waals surface area contributed by atoms with Gasteiger partial charge in [-0.15, -0.1) is 0 Å². The molecule has 1 aliphatic rings. The highest BCUT2D eigenvalue weighted by Crippen LogP contribution is 2.27. The molecule has 1 atom stereocenters. The van der Waals surface area contributed by atoms with E-state index in [1.165, 1.54) is 0 Å². The molecule has 2 amide bonds. The van der Waals surface area contributed by atoms with E-state index in [4.69, 9.17) is 16.1 Å². The maximum Gasteiger partial charge on any atom is 0.315 e. The van der Waals surface area contributed by atoms with Gasteiger partial charge in [-0.2, -0.15) is 0 Å². The molecular formula is C17H21ClN4O2. The summed E-state index contributed by atoms with van der Waals surface area (Å²) in [7, 11) is 0. The van der Waals surface area contributed by atoms with Gasteiger partial charge in [0.2, 0.25) is 0 Å². The Morgan fingerprint density at radius 1 is 1.46 bits per heavy atom. The van der Waals surface area contributed by atoms with Crippen LogP contribution in [0.1, 0.15) is 24.3 Å². The lowest BCUT2D eigenvalue weighted by Crippen LogP contribution is -2.50. The number of carbonyl (C=O) groups is 1. The van der Waals surface area contributed by atoms with Gasteiger partial charge in [0, 0.05) is 25.2 Å². The van der Waals surface area contributed by atoms with E-state index in [2.05, 4.69) is 20.7 Å². The highest BCUT2D eigenvalue weighted by atomic mass is 35.5. The molecule has 0 aliphatic carbocycles. The lowest BCUT2D eigenvalue weighted by atomic mass is 10.1. The summed E-state index contributed by atoms with van der Waals surface area (Å²) >= 11 is 6.27. The maximum absolute atomic E-state index is 12.1. The minimum Gasteiger partial charge on any atom is -0.368 e. The molecule has 2 aromatic rings. The van der Waals surface area contributed by atoms with Crippen molar-refractivity contribution in [1.82, 2.24) is 15.8 Å². The third kappa shape index (κ3) is 4.20. The Balaban J connectivity index is 1.51. The lowest BCUT2D eigenvalue weighted by Gasteiger charge is -2.35. The molecule has 1 aromatic heterocycles. The summed E-state index contributed by atoms with van der Waals surface area (Å²) in [5.74, 6) is 0.731. The van der Waals surface area contributed by atoms with Gasteiger partial charge in [0.05, 0.1) is 17.3 Å². The highest BCUT2D eigenvalue weighted by molar-refractivity contribution is 6.33. The van der Waals surface area contributed by atoms with Crippen LogP contribution in [-0.2, 0) is 6.54 Å². The number of hydrogen-bond donors (Lipinski definition) is 2. The first-order valence-corrected chi connectivity index (χ1v) is 8.45. The fourth-order valence-electron chi connectivity index (χ4n) is 2.93. The third-order valence-electron chi connectivity index (χ3n) is 4.06. The van der Waals surface area contributed by atoms with E-state index in [0.29, 0.717) is 12.2 Å². The number of aromatic nitrogens is 1. The molecule has 24 heavy (non-hydrogen) atoms. The molecule has 0 radical (unpaired) electrons. The maximum atomic E-state index is 12.1. The Hall–Kier alpha value is -2.21. The number of amides is 2. The van der Waals surface area contributed by atoms with Gasteiger partial charge < -0.3 is 20.1 Å². The van der Waals surface area contributed by atoms with Crippen LogP contribution in [-0.4, -0.2) is 30.3 Å². The largest absolute Gasteiger partial charge is 0.368 e. The van der Waals surface area contributed by atoms with Crippen molar-refractivity contribution in [1.29, 1.82) is 0 Å². The fraction of sp³-hybridized carbons (Fsp3) is 0.412. The number of hydrogen-bond acceptors (Lipinski definition) is 4. The zero-order valence-electron chi connectivity index (χ0n) is 13.6. The van der Waals surface area contributed by atoms with Crippen LogP contribution in [0.5, 0.6) is 0 Å². The molecule has 7 heteroatoms. The van der Waals surface area contributed by atoms with E-state index in [1.54, 1.807) is 6.07 Å². The van der Waals surface area contributed by atoms with E-state index >= 15 is 0 Å². The third-order valence-corrected chi connectivity index (χ3v) is 4.38. The van der Waals surface area contributed by atoms with E-state index in [1.807, 2.05) is 31.2 Å². The number of urea groups is 1. The second kappa shape index (κ2) is 7.57. The minimum atomic E-state index is -0.193. The van der Waals surface area contributed by atoms with Crippen LogP contribution in [0, 0.1) is 6.92 Å². The summed E-state index contributed by atoms with van der Waals surface area (Å²) in [6, 6.07) is 9.50. The molecule has 1 aliphatic heterocycles. The SMILES string of the molecule is Cc1cc(CNC(=O)N[C@H]2CCCN(c3ccccc3Cl)C2)no1. The normalized spacial score (nSPS) is 17.6. The van der Waals surface area contributed by atoms with Gasteiger partial charge >= 0.3 is 6.03 Å². The number of para-hydroxylation sites is 1. The van der Waals surface area contributed by atoms with Crippen molar-refractivity contribution in [3.8, 4) is 0 Å². The number of piperidine rings is 1. The van der Waals surface area contributed by atoms with Gasteiger partial charge in [-0.3, -0.25) is 0 Å². The Bertz CT molecular complexity index is 703. The van der Waals surface area contributed by atoms with Crippen molar-refractivity contribution in [3.63, 3.8) is 0 Å². The van der Waals surface area contributed by atoms with Crippen LogP contribution in [0.2, 0.25) is 5.02 Å². The Morgan fingerprint density at radius 3 is 3.04 bits per heavy atom. The molecular weight excluding hydrogens is 328 g/mol. The van der Waals surface area contributed by atoms with E-state index in [0.717, 1.165) is 42.4 Å². The summed E-state index contributed by atoms with van der Waals surface area (Å²) in [5, 5.41) is 10.4. The number of halogens is 1. The Labute approximate surface area is 146 Å². The minimum absolute atomic E-state index is 0.0917. The molecule has 0 unspecified atom stereocenters. The van der Waals surface area contributed by atoms with Crippen LogP contribution in [0.25, 0.3) is 0 Å². The number of nitrogens with one attached hydrogen (secondary N) is 2. The van der Waals surface area contributed by atoms with E-state index < -0.39 is 0 Å². The van der Waals surface area contributed by atoms with Crippen LogP contribution in [0.15, 0.2) is 34.9 Å². The molecule has 0 saturated carbocycles. The topological polar surface area (TPSA) is 70.4 Å². The average Bonchev–Trinajstić information content (AvgIpc) is 2.99. The lowest BCUT2D eigenvalue weighted by molar-refractivity contribution is 0.234. The number of anilines is 1. The Kier molecular flexibility index (Phi) is 5.25.